The molecule has 1 amide bonds. The molecule has 0 spiro atoms. The van der Waals surface area contributed by atoms with Crippen molar-refractivity contribution in [3.05, 3.63) is 29.8 Å². The first-order chi connectivity index (χ1) is 12.0. The SMILES string of the molecule is CC(C)(C)N(C(=O)O)C(CN1CCCC1)c1ccc(OC(F)(F)F)cc1. The van der Waals surface area contributed by atoms with Gasteiger partial charge >= 0.3 is 12.5 Å². The Bertz CT molecular complexity index is 606. The lowest BCUT2D eigenvalue weighted by Crippen LogP contribution is -2.50. The summed E-state index contributed by atoms with van der Waals surface area (Å²) in [6, 6.07) is 4.98. The molecule has 0 bridgehead atoms. The number of amides is 1. The van der Waals surface area contributed by atoms with Crippen molar-refractivity contribution >= 4 is 6.09 Å². The molecule has 1 aliphatic heterocycles. The highest BCUT2D eigenvalue weighted by atomic mass is 19.4. The summed E-state index contributed by atoms with van der Waals surface area (Å²) in [6.45, 7) is 7.70. The van der Waals surface area contributed by atoms with Gasteiger partial charge in [0.15, 0.2) is 0 Å². The van der Waals surface area contributed by atoms with Crippen LogP contribution in [0.1, 0.15) is 45.2 Å². The van der Waals surface area contributed by atoms with E-state index < -0.39 is 24.0 Å². The van der Waals surface area contributed by atoms with Crippen LogP contribution in [0.5, 0.6) is 5.75 Å². The summed E-state index contributed by atoms with van der Waals surface area (Å²) in [5.41, 5.74) is -0.0130. The van der Waals surface area contributed by atoms with E-state index >= 15 is 0 Å². The number of carbonyl (C=O) groups is 1. The van der Waals surface area contributed by atoms with E-state index in [4.69, 9.17) is 0 Å². The van der Waals surface area contributed by atoms with E-state index in [0.29, 0.717) is 12.1 Å². The van der Waals surface area contributed by atoms with Crippen molar-refractivity contribution in [2.75, 3.05) is 19.6 Å². The summed E-state index contributed by atoms with van der Waals surface area (Å²) < 4.78 is 40.9. The molecular formula is C18H25F3N2O3. The lowest BCUT2D eigenvalue weighted by atomic mass is 9.98. The van der Waals surface area contributed by atoms with Crippen LogP contribution in [0.2, 0.25) is 0 Å². The summed E-state index contributed by atoms with van der Waals surface area (Å²) in [5, 5.41) is 9.76. The fourth-order valence-corrected chi connectivity index (χ4v) is 3.33. The topological polar surface area (TPSA) is 53.0 Å². The fourth-order valence-electron chi connectivity index (χ4n) is 3.33. The Labute approximate surface area is 151 Å². The molecule has 1 aromatic rings. The minimum absolute atomic E-state index is 0.321. The fraction of sp³-hybridized carbons (Fsp3) is 0.611. The van der Waals surface area contributed by atoms with Crippen LogP contribution in [-0.2, 0) is 0 Å². The average Bonchev–Trinajstić information content (AvgIpc) is 2.97. The predicted octanol–water partition coefficient (Wildman–Crippen LogP) is 4.50. The van der Waals surface area contributed by atoms with Crippen molar-refractivity contribution in [3.8, 4) is 5.75 Å². The van der Waals surface area contributed by atoms with Gasteiger partial charge in [0.1, 0.15) is 5.75 Å². The lowest BCUT2D eigenvalue weighted by Gasteiger charge is -2.41. The minimum atomic E-state index is -4.75. The molecule has 1 aliphatic rings. The number of likely N-dealkylation sites (tertiary alicyclic amines) is 1. The predicted molar refractivity (Wildman–Crippen MR) is 91.2 cm³/mol. The average molecular weight is 374 g/mol. The monoisotopic (exact) mass is 374 g/mol. The van der Waals surface area contributed by atoms with E-state index in [1.54, 1.807) is 20.8 Å². The van der Waals surface area contributed by atoms with E-state index in [-0.39, 0.29) is 5.75 Å². The first-order valence-corrected chi connectivity index (χ1v) is 8.58. The number of alkyl halides is 3. The van der Waals surface area contributed by atoms with Crippen molar-refractivity contribution in [3.63, 3.8) is 0 Å². The number of halogens is 3. The maximum Gasteiger partial charge on any atom is 0.573 e. The van der Waals surface area contributed by atoms with E-state index in [1.807, 2.05) is 0 Å². The highest BCUT2D eigenvalue weighted by Gasteiger charge is 2.36. The molecule has 5 nitrogen and oxygen atoms in total. The maximum absolute atomic E-state index is 12.3. The minimum Gasteiger partial charge on any atom is -0.465 e. The van der Waals surface area contributed by atoms with E-state index in [1.165, 1.54) is 29.2 Å². The number of rotatable bonds is 5. The van der Waals surface area contributed by atoms with E-state index in [2.05, 4.69) is 9.64 Å². The standard InChI is InChI=1S/C18H25F3N2O3/c1-17(2,3)23(16(24)25)15(12-22-10-4-5-11-22)13-6-8-14(9-7-13)26-18(19,20)21/h6-9,15H,4-5,10-12H2,1-3H3,(H,24,25). The molecule has 2 rings (SSSR count). The van der Waals surface area contributed by atoms with Gasteiger partial charge in [-0.25, -0.2) is 4.79 Å². The molecule has 8 heteroatoms. The quantitative estimate of drug-likeness (QED) is 0.824. The summed E-state index contributed by atoms with van der Waals surface area (Å²) >= 11 is 0. The summed E-state index contributed by atoms with van der Waals surface area (Å²) in [4.78, 5) is 15.5. The molecule has 1 atom stereocenters. The molecule has 146 valence electrons. The van der Waals surface area contributed by atoms with Crippen LogP contribution in [0.4, 0.5) is 18.0 Å². The number of hydrogen-bond donors (Lipinski definition) is 1. The third-order valence-electron chi connectivity index (χ3n) is 4.37. The molecule has 0 radical (unpaired) electrons. The van der Waals surface area contributed by atoms with Gasteiger partial charge in [-0.05, 0) is 64.4 Å². The van der Waals surface area contributed by atoms with Crippen molar-refractivity contribution in [2.24, 2.45) is 0 Å². The number of hydrogen-bond acceptors (Lipinski definition) is 3. The second-order valence-electron chi connectivity index (χ2n) is 7.46. The molecule has 1 unspecified atom stereocenters. The van der Waals surface area contributed by atoms with Crippen molar-refractivity contribution < 1.29 is 27.8 Å². The normalized spacial score (nSPS) is 17.2. The Hall–Kier alpha value is -1.96. The summed E-state index contributed by atoms with van der Waals surface area (Å²) in [5.74, 6) is -0.321. The number of ether oxygens (including phenoxy) is 1. The van der Waals surface area contributed by atoms with Gasteiger partial charge in [-0.3, -0.25) is 4.90 Å². The Morgan fingerprint density at radius 1 is 1.19 bits per heavy atom. The lowest BCUT2D eigenvalue weighted by molar-refractivity contribution is -0.274. The van der Waals surface area contributed by atoms with Gasteiger partial charge in [0.2, 0.25) is 0 Å². The van der Waals surface area contributed by atoms with Crippen LogP contribution in [-0.4, -0.2) is 52.5 Å². The molecule has 1 saturated heterocycles. The smallest absolute Gasteiger partial charge is 0.465 e. The summed E-state index contributed by atoms with van der Waals surface area (Å²) in [6.07, 6.45) is -3.69. The second kappa shape index (κ2) is 7.73. The van der Waals surface area contributed by atoms with E-state index in [0.717, 1.165) is 25.9 Å². The Balaban J connectivity index is 2.31. The number of benzene rings is 1. The molecule has 0 saturated carbocycles. The number of carboxylic acid groups (broad SMARTS) is 1. The van der Waals surface area contributed by atoms with Crippen molar-refractivity contribution in [2.45, 2.75) is 51.6 Å². The maximum atomic E-state index is 12.3. The first kappa shape index (κ1) is 20.4. The zero-order valence-electron chi connectivity index (χ0n) is 15.2. The Morgan fingerprint density at radius 3 is 2.15 bits per heavy atom. The van der Waals surface area contributed by atoms with Gasteiger partial charge in [0.25, 0.3) is 0 Å². The van der Waals surface area contributed by atoms with Crippen LogP contribution in [0, 0.1) is 0 Å². The zero-order chi connectivity index (χ0) is 19.5. The van der Waals surface area contributed by atoms with Crippen LogP contribution in [0.3, 0.4) is 0 Å². The Morgan fingerprint density at radius 2 is 1.73 bits per heavy atom. The third-order valence-corrected chi connectivity index (χ3v) is 4.37. The van der Waals surface area contributed by atoms with Gasteiger partial charge in [-0.2, -0.15) is 0 Å². The van der Waals surface area contributed by atoms with Gasteiger partial charge in [-0.15, -0.1) is 13.2 Å². The molecule has 0 aliphatic carbocycles. The first-order valence-electron chi connectivity index (χ1n) is 8.58. The highest BCUT2D eigenvalue weighted by Crippen LogP contribution is 2.32. The van der Waals surface area contributed by atoms with Crippen molar-refractivity contribution in [1.29, 1.82) is 0 Å². The highest BCUT2D eigenvalue weighted by molar-refractivity contribution is 5.67. The van der Waals surface area contributed by atoms with Gasteiger partial charge in [-0.1, -0.05) is 12.1 Å². The van der Waals surface area contributed by atoms with Gasteiger partial charge in [0, 0.05) is 12.1 Å². The number of nitrogens with zero attached hydrogens (tertiary/aromatic N) is 2. The zero-order valence-corrected chi connectivity index (χ0v) is 15.2. The van der Waals surface area contributed by atoms with Crippen LogP contribution >= 0.6 is 0 Å². The van der Waals surface area contributed by atoms with Crippen LogP contribution in [0.15, 0.2) is 24.3 Å². The van der Waals surface area contributed by atoms with Crippen molar-refractivity contribution in [1.82, 2.24) is 9.80 Å². The molecule has 1 N–H and O–H groups in total. The second-order valence-corrected chi connectivity index (χ2v) is 7.46. The van der Waals surface area contributed by atoms with Crippen LogP contribution < -0.4 is 4.74 Å². The van der Waals surface area contributed by atoms with Gasteiger partial charge in [0.05, 0.1) is 6.04 Å². The molecule has 1 fully saturated rings. The van der Waals surface area contributed by atoms with Gasteiger partial charge < -0.3 is 14.7 Å². The molecule has 1 aromatic carbocycles. The molecular weight excluding hydrogens is 349 g/mol. The van der Waals surface area contributed by atoms with E-state index in [9.17, 15) is 23.1 Å². The van der Waals surface area contributed by atoms with Crippen LogP contribution in [0.25, 0.3) is 0 Å². The molecule has 0 aromatic heterocycles. The largest absolute Gasteiger partial charge is 0.573 e. The molecule has 1 heterocycles. The molecule has 26 heavy (non-hydrogen) atoms. The Kier molecular flexibility index (Phi) is 6.05. The summed E-state index contributed by atoms with van der Waals surface area (Å²) in [7, 11) is 0. The third kappa shape index (κ3) is 5.52.